The molecule has 0 saturated heterocycles. The lowest BCUT2D eigenvalue weighted by molar-refractivity contribution is 0.0600. The predicted octanol–water partition coefficient (Wildman–Crippen LogP) is 5.46. The smallest absolute Gasteiger partial charge is 0.337 e. The number of ether oxygens (including phenoxy) is 2. The van der Waals surface area contributed by atoms with Gasteiger partial charge in [0.2, 0.25) is 0 Å². The third kappa shape index (κ3) is 2.54. The molecule has 1 aliphatic rings. The molecule has 0 amide bonds. The van der Waals surface area contributed by atoms with Gasteiger partial charge in [-0.1, -0.05) is 18.2 Å². The SMILES string of the molecule is COC(=O)c1ccc2c(c1)SCc1c3ccc(OC)cc3nc3cccc-2c13. The Morgan fingerprint density at radius 2 is 1.89 bits per heavy atom. The summed E-state index contributed by atoms with van der Waals surface area (Å²) in [6.07, 6.45) is 0. The standard InChI is InChI=1S/C23H17NO3S/c1-26-14-7-9-15-18-12-28-21-10-13(23(25)27-2)6-8-16(21)17-4-3-5-19(22(17)18)24-20(15)11-14/h3-11H,12H2,1-2H3. The summed E-state index contributed by atoms with van der Waals surface area (Å²) in [6.45, 7) is 0. The van der Waals surface area contributed by atoms with Crippen LogP contribution in [0.2, 0.25) is 0 Å². The van der Waals surface area contributed by atoms with Gasteiger partial charge in [-0.25, -0.2) is 9.78 Å². The van der Waals surface area contributed by atoms with E-state index in [1.165, 1.54) is 18.1 Å². The first kappa shape index (κ1) is 17.1. The van der Waals surface area contributed by atoms with Crippen molar-refractivity contribution in [3.63, 3.8) is 0 Å². The Morgan fingerprint density at radius 1 is 1.00 bits per heavy atom. The van der Waals surface area contributed by atoms with E-state index in [2.05, 4.69) is 18.2 Å². The van der Waals surface area contributed by atoms with Crippen LogP contribution in [0.5, 0.6) is 5.75 Å². The lowest BCUT2D eigenvalue weighted by Gasteiger charge is -2.12. The molecule has 0 bridgehead atoms. The molecule has 0 unspecified atom stereocenters. The third-order valence-corrected chi connectivity index (χ3v) is 6.26. The molecule has 3 aromatic carbocycles. The second-order valence-corrected chi connectivity index (χ2v) is 7.68. The quantitative estimate of drug-likeness (QED) is 0.338. The molecule has 4 nitrogen and oxygen atoms in total. The monoisotopic (exact) mass is 387 g/mol. The van der Waals surface area contributed by atoms with Gasteiger partial charge < -0.3 is 9.47 Å². The van der Waals surface area contributed by atoms with Crippen LogP contribution in [0, 0.1) is 0 Å². The second kappa shape index (κ2) is 6.53. The molecule has 4 aromatic rings. The van der Waals surface area contributed by atoms with E-state index in [0.717, 1.165) is 43.9 Å². The Labute approximate surface area is 166 Å². The van der Waals surface area contributed by atoms with Gasteiger partial charge >= 0.3 is 5.97 Å². The number of thioether (sulfide) groups is 1. The number of benzene rings is 3. The van der Waals surface area contributed by atoms with Crippen molar-refractivity contribution >= 4 is 39.5 Å². The summed E-state index contributed by atoms with van der Waals surface area (Å²) in [5.41, 5.74) is 6.00. The van der Waals surface area contributed by atoms with Gasteiger partial charge in [-0.2, -0.15) is 0 Å². The lowest BCUT2D eigenvalue weighted by Crippen LogP contribution is -2.01. The number of carbonyl (C=O) groups is 1. The normalized spacial score (nSPS) is 12.5. The van der Waals surface area contributed by atoms with E-state index in [9.17, 15) is 4.79 Å². The van der Waals surface area contributed by atoms with Crippen molar-refractivity contribution in [2.75, 3.05) is 14.2 Å². The highest BCUT2D eigenvalue weighted by molar-refractivity contribution is 7.98. The molecule has 0 fully saturated rings. The summed E-state index contributed by atoms with van der Waals surface area (Å²) in [7, 11) is 3.07. The number of esters is 1. The largest absolute Gasteiger partial charge is 0.497 e. The van der Waals surface area contributed by atoms with E-state index in [1.54, 1.807) is 18.9 Å². The van der Waals surface area contributed by atoms with Crippen LogP contribution in [0.15, 0.2) is 59.5 Å². The van der Waals surface area contributed by atoms with Crippen molar-refractivity contribution in [3.8, 4) is 16.9 Å². The number of hydrogen-bond donors (Lipinski definition) is 0. The summed E-state index contributed by atoms with van der Waals surface area (Å²) in [4.78, 5) is 18.0. The van der Waals surface area contributed by atoms with Crippen molar-refractivity contribution in [2.24, 2.45) is 0 Å². The van der Waals surface area contributed by atoms with Crippen LogP contribution < -0.4 is 4.74 Å². The summed E-state index contributed by atoms with van der Waals surface area (Å²) < 4.78 is 10.3. The zero-order chi connectivity index (χ0) is 19.3. The van der Waals surface area contributed by atoms with Crippen molar-refractivity contribution in [1.29, 1.82) is 0 Å². The molecule has 0 aliphatic carbocycles. The van der Waals surface area contributed by atoms with Gasteiger partial charge in [0.1, 0.15) is 5.75 Å². The molecule has 0 spiro atoms. The molecule has 5 rings (SSSR count). The first-order chi connectivity index (χ1) is 13.7. The van der Waals surface area contributed by atoms with Crippen LogP contribution in [0.4, 0.5) is 0 Å². The van der Waals surface area contributed by atoms with Gasteiger partial charge in [0.25, 0.3) is 0 Å². The maximum atomic E-state index is 12.0. The molecule has 0 atom stereocenters. The zero-order valence-electron chi connectivity index (χ0n) is 15.5. The van der Waals surface area contributed by atoms with E-state index in [1.807, 2.05) is 36.4 Å². The van der Waals surface area contributed by atoms with Crippen molar-refractivity contribution in [3.05, 3.63) is 65.7 Å². The van der Waals surface area contributed by atoms with Crippen LogP contribution in [0.25, 0.3) is 32.9 Å². The molecule has 0 saturated carbocycles. The Kier molecular flexibility index (Phi) is 3.98. The average molecular weight is 387 g/mol. The first-order valence-corrected chi connectivity index (χ1v) is 9.93. The molecule has 5 heteroatoms. The fourth-order valence-corrected chi connectivity index (χ4v) is 4.98. The van der Waals surface area contributed by atoms with E-state index in [4.69, 9.17) is 14.5 Å². The molecular formula is C23H17NO3S. The van der Waals surface area contributed by atoms with E-state index in [0.29, 0.717) is 5.56 Å². The third-order valence-electron chi connectivity index (χ3n) is 5.18. The Bertz CT molecular complexity index is 1270. The fraction of sp³-hybridized carbons (Fsp3) is 0.130. The van der Waals surface area contributed by atoms with Gasteiger partial charge in [-0.3, -0.25) is 0 Å². The maximum Gasteiger partial charge on any atom is 0.337 e. The molecule has 2 heterocycles. The highest BCUT2D eigenvalue weighted by Crippen LogP contribution is 2.45. The number of nitrogens with zero attached hydrogens (tertiary/aromatic N) is 1. The minimum atomic E-state index is -0.317. The van der Waals surface area contributed by atoms with Crippen LogP contribution >= 0.6 is 11.8 Å². The van der Waals surface area contributed by atoms with Gasteiger partial charge in [0.05, 0.1) is 30.8 Å². The minimum Gasteiger partial charge on any atom is -0.497 e. The number of carbonyl (C=O) groups excluding carboxylic acids is 1. The van der Waals surface area contributed by atoms with Crippen LogP contribution in [-0.4, -0.2) is 25.2 Å². The van der Waals surface area contributed by atoms with Crippen LogP contribution in [0.3, 0.4) is 0 Å². The molecule has 1 aromatic heterocycles. The average Bonchev–Trinajstić information content (AvgIpc) is 2.91. The highest BCUT2D eigenvalue weighted by Gasteiger charge is 2.21. The van der Waals surface area contributed by atoms with Crippen LogP contribution in [0.1, 0.15) is 15.9 Å². The van der Waals surface area contributed by atoms with Crippen molar-refractivity contribution < 1.29 is 14.3 Å². The predicted molar refractivity (Wildman–Crippen MR) is 112 cm³/mol. The molecule has 0 N–H and O–H groups in total. The number of hydrogen-bond acceptors (Lipinski definition) is 5. The summed E-state index contributed by atoms with van der Waals surface area (Å²) in [6, 6.07) is 18.0. The lowest BCUT2D eigenvalue weighted by atomic mass is 9.95. The van der Waals surface area contributed by atoms with Crippen molar-refractivity contribution in [2.45, 2.75) is 10.6 Å². The van der Waals surface area contributed by atoms with Crippen LogP contribution in [-0.2, 0) is 10.5 Å². The second-order valence-electron chi connectivity index (χ2n) is 6.66. The summed E-state index contributed by atoms with van der Waals surface area (Å²) in [5, 5.41) is 2.31. The van der Waals surface area contributed by atoms with Gasteiger partial charge in [0, 0.05) is 27.5 Å². The first-order valence-electron chi connectivity index (χ1n) is 8.94. The topological polar surface area (TPSA) is 48.4 Å². The van der Waals surface area contributed by atoms with Gasteiger partial charge in [0.15, 0.2) is 0 Å². The summed E-state index contributed by atoms with van der Waals surface area (Å²) >= 11 is 1.74. The summed E-state index contributed by atoms with van der Waals surface area (Å²) in [5.74, 6) is 1.29. The number of pyridine rings is 1. The molecular weight excluding hydrogens is 370 g/mol. The molecule has 1 aliphatic heterocycles. The van der Waals surface area contributed by atoms with Gasteiger partial charge in [-0.05, 0) is 47.0 Å². The number of rotatable bonds is 2. The number of methoxy groups -OCH3 is 2. The number of fused-ring (bicyclic) bond motifs is 4. The van der Waals surface area contributed by atoms with E-state index in [-0.39, 0.29) is 5.97 Å². The fourth-order valence-electron chi connectivity index (χ4n) is 3.83. The maximum absolute atomic E-state index is 12.0. The van der Waals surface area contributed by atoms with E-state index >= 15 is 0 Å². The van der Waals surface area contributed by atoms with Crippen molar-refractivity contribution in [1.82, 2.24) is 4.98 Å². The Hall–Kier alpha value is -3.05. The Balaban J connectivity index is 1.80. The Morgan fingerprint density at radius 3 is 2.71 bits per heavy atom. The minimum absolute atomic E-state index is 0.317. The number of aromatic nitrogens is 1. The molecule has 0 radical (unpaired) electrons. The zero-order valence-corrected chi connectivity index (χ0v) is 16.3. The van der Waals surface area contributed by atoms with E-state index < -0.39 is 0 Å². The molecule has 138 valence electrons. The molecule has 28 heavy (non-hydrogen) atoms. The van der Waals surface area contributed by atoms with Gasteiger partial charge in [-0.15, -0.1) is 11.8 Å². The highest BCUT2D eigenvalue weighted by atomic mass is 32.2.